The minimum Gasteiger partial charge on any atom is -0.352 e. The minimum absolute atomic E-state index is 0.0194. The van der Waals surface area contributed by atoms with Gasteiger partial charge in [0.1, 0.15) is 5.69 Å². The van der Waals surface area contributed by atoms with Crippen molar-refractivity contribution in [1.82, 2.24) is 25.9 Å². The summed E-state index contributed by atoms with van der Waals surface area (Å²) in [6.07, 6.45) is 1.60. The molecule has 35 heavy (non-hydrogen) atoms. The maximum absolute atomic E-state index is 12.9. The van der Waals surface area contributed by atoms with Gasteiger partial charge < -0.3 is 5.32 Å². The number of carbonyl (C=O) groups excluding carboxylic acids is 3. The van der Waals surface area contributed by atoms with E-state index in [1.807, 2.05) is 60.7 Å². The number of para-hydroxylation sites is 1. The number of aromatic nitrogens is 2. The molecule has 176 valence electrons. The molecule has 0 atom stereocenters. The number of nitrogens with zero attached hydrogens (tertiary/aromatic N) is 2. The van der Waals surface area contributed by atoms with Crippen molar-refractivity contribution in [3.8, 4) is 16.9 Å². The van der Waals surface area contributed by atoms with Gasteiger partial charge in [-0.2, -0.15) is 5.10 Å². The number of amides is 3. The summed E-state index contributed by atoms with van der Waals surface area (Å²) in [4.78, 5) is 37.2. The van der Waals surface area contributed by atoms with Crippen molar-refractivity contribution in [3.05, 3.63) is 107 Å². The zero-order valence-electron chi connectivity index (χ0n) is 18.6. The van der Waals surface area contributed by atoms with Crippen molar-refractivity contribution < 1.29 is 14.4 Å². The molecule has 0 saturated carbocycles. The molecular formula is C26H22ClN5O3. The number of hydrogen-bond acceptors (Lipinski definition) is 4. The van der Waals surface area contributed by atoms with Gasteiger partial charge in [0.05, 0.1) is 11.3 Å². The summed E-state index contributed by atoms with van der Waals surface area (Å²) in [6.45, 7) is 0.102. The van der Waals surface area contributed by atoms with Crippen molar-refractivity contribution in [2.24, 2.45) is 0 Å². The Kier molecular flexibility index (Phi) is 7.54. The van der Waals surface area contributed by atoms with Crippen LogP contribution in [-0.4, -0.2) is 34.0 Å². The smallest absolute Gasteiger partial charge is 0.273 e. The highest BCUT2D eigenvalue weighted by Gasteiger charge is 2.19. The van der Waals surface area contributed by atoms with Crippen molar-refractivity contribution in [3.63, 3.8) is 0 Å². The molecule has 1 aromatic heterocycles. The average molecular weight is 488 g/mol. The van der Waals surface area contributed by atoms with E-state index in [4.69, 9.17) is 11.6 Å². The van der Waals surface area contributed by atoms with Crippen LogP contribution in [0.15, 0.2) is 91.1 Å². The predicted molar refractivity (Wildman–Crippen MR) is 133 cm³/mol. The minimum atomic E-state index is -0.510. The summed E-state index contributed by atoms with van der Waals surface area (Å²) in [7, 11) is 0. The van der Waals surface area contributed by atoms with E-state index < -0.39 is 11.8 Å². The molecule has 0 aliphatic rings. The van der Waals surface area contributed by atoms with Crippen molar-refractivity contribution in [2.75, 3.05) is 6.54 Å². The van der Waals surface area contributed by atoms with E-state index in [1.165, 1.54) is 0 Å². The third-order valence-electron chi connectivity index (χ3n) is 5.09. The van der Waals surface area contributed by atoms with Gasteiger partial charge in [-0.1, -0.05) is 60.1 Å². The molecule has 0 saturated heterocycles. The maximum Gasteiger partial charge on any atom is 0.273 e. The van der Waals surface area contributed by atoms with Gasteiger partial charge in [-0.25, -0.2) is 4.68 Å². The third-order valence-corrected chi connectivity index (χ3v) is 5.34. The van der Waals surface area contributed by atoms with Crippen LogP contribution >= 0.6 is 11.6 Å². The van der Waals surface area contributed by atoms with E-state index >= 15 is 0 Å². The maximum atomic E-state index is 12.9. The third kappa shape index (κ3) is 6.13. The molecule has 1 heterocycles. The van der Waals surface area contributed by atoms with E-state index in [-0.39, 0.29) is 18.9 Å². The molecule has 0 fully saturated rings. The number of carbonyl (C=O) groups is 3. The average Bonchev–Trinajstić information content (AvgIpc) is 3.34. The van der Waals surface area contributed by atoms with Crippen molar-refractivity contribution >= 4 is 29.3 Å². The molecule has 0 radical (unpaired) electrons. The number of benzene rings is 3. The molecule has 3 aromatic carbocycles. The van der Waals surface area contributed by atoms with Crippen LogP contribution in [0.1, 0.15) is 27.1 Å². The second-order valence-corrected chi connectivity index (χ2v) is 7.99. The first-order valence-electron chi connectivity index (χ1n) is 10.8. The van der Waals surface area contributed by atoms with Crippen LogP contribution < -0.4 is 16.2 Å². The van der Waals surface area contributed by atoms with Crippen LogP contribution in [0.2, 0.25) is 5.02 Å². The van der Waals surface area contributed by atoms with Gasteiger partial charge in [0, 0.05) is 35.3 Å². The first kappa shape index (κ1) is 23.7. The fourth-order valence-corrected chi connectivity index (χ4v) is 3.44. The van der Waals surface area contributed by atoms with Gasteiger partial charge in [-0.05, 0) is 36.4 Å². The second-order valence-electron chi connectivity index (χ2n) is 7.55. The lowest BCUT2D eigenvalue weighted by Gasteiger charge is -2.08. The molecule has 0 spiro atoms. The second kappa shape index (κ2) is 11.1. The zero-order chi connectivity index (χ0) is 24.6. The Balaban J connectivity index is 1.37. The van der Waals surface area contributed by atoms with Crippen LogP contribution in [-0.2, 0) is 4.79 Å². The van der Waals surface area contributed by atoms with Gasteiger partial charge in [0.2, 0.25) is 5.91 Å². The predicted octanol–water partition coefficient (Wildman–Crippen LogP) is 3.77. The Hall–Kier alpha value is -4.43. The SMILES string of the molecule is O=C(CCNC(=O)c1ccc(Cl)cc1)NNC(=O)c1cn(-c2ccccc2)nc1-c1ccccc1. The highest BCUT2D eigenvalue weighted by molar-refractivity contribution is 6.30. The van der Waals surface area contributed by atoms with Gasteiger partial charge >= 0.3 is 0 Å². The molecule has 8 nitrogen and oxygen atoms in total. The van der Waals surface area contributed by atoms with E-state index in [9.17, 15) is 14.4 Å². The number of nitrogens with one attached hydrogen (secondary N) is 3. The van der Waals surface area contributed by atoms with E-state index in [2.05, 4.69) is 21.3 Å². The summed E-state index contributed by atoms with van der Waals surface area (Å²) in [6, 6.07) is 25.1. The highest BCUT2D eigenvalue weighted by Crippen LogP contribution is 2.23. The number of rotatable bonds is 7. The lowest BCUT2D eigenvalue weighted by molar-refractivity contribution is -0.121. The molecule has 9 heteroatoms. The van der Waals surface area contributed by atoms with E-state index in [0.29, 0.717) is 21.8 Å². The quantitative estimate of drug-likeness (QED) is 0.345. The normalized spacial score (nSPS) is 10.4. The number of halogens is 1. The van der Waals surface area contributed by atoms with Crippen molar-refractivity contribution in [2.45, 2.75) is 6.42 Å². The van der Waals surface area contributed by atoms with Gasteiger partial charge in [0.15, 0.2) is 0 Å². The summed E-state index contributed by atoms with van der Waals surface area (Å²) in [5.74, 6) is -1.28. The Bertz CT molecular complexity index is 1320. The lowest BCUT2D eigenvalue weighted by Crippen LogP contribution is -2.42. The number of hydrogen-bond donors (Lipinski definition) is 3. The molecule has 0 aliphatic heterocycles. The Morgan fingerprint density at radius 2 is 1.46 bits per heavy atom. The number of hydrazine groups is 1. The summed E-state index contributed by atoms with van der Waals surface area (Å²) < 4.78 is 1.62. The monoisotopic (exact) mass is 487 g/mol. The first-order valence-corrected chi connectivity index (χ1v) is 11.2. The first-order chi connectivity index (χ1) is 17.0. The molecule has 0 bridgehead atoms. The van der Waals surface area contributed by atoms with Crippen LogP contribution in [0, 0.1) is 0 Å². The van der Waals surface area contributed by atoms with Crippen LogP contribution in [0.3, 0.4) is 0 Å². The van der Waals surface area contributed by atoms with Gasteiger partial charge in [-0.3, -0.25) is 25.2 Å². The fourth-order valence-electron chi connectivity index (χ4n) is 3.31. The summed E-state index contributed by atoms with van der Waals surface area (Å²) in [5.41, 5.74) is 7.60. The standard InChI is InChI=1S/C26H22ClN5O3/c27-20-13-11-19(12-14-20)25(34)28-16-15-23(33)29-30-26(35)22-17-32(21-9-5-2-6-10-21)31-24(22)18-7-3-1-4-8-18/h1-14,17H,15-16H2,(H,28,34)(H,29,33)(H,30,35). The van der Waals surface area contributed by atoms with Crippen molar-refractivity contribution in [1.29, 1.82) is 0 Å². The summed E-state index contributed by atoms with van der Waals surface area (Å²) in [5, 5.41) is 7.77. The largest absolute Gasteiger partial charge is 0.352 e. The van der Waals surface area contributed by atoms with E-state index in [0.717, 1.165) is 11.3 Å². The fraction of sp³-hybridized carbons (Fsp3) is 0.0769. The van der Waals surface area contributed by atoms with Gasteiger partial charge in [-0.15, -0.1) is 0 Å². The van der Waals surface area contributed by atoms with Crippen LogP contribution in [0.25, 0.3) is 16.9 Å². The molecule has 4 aromatic rings. The molecule has 4 rings (SSSR count). The van der Waals surface area contributed by atoms with Gasteiger partial charge in [0.25, 0.3) is 11.8 Å². The molecule has 0 aliphatic carbocycles. The highest BCUT2D eigenvalue weighted by atomic mass is 35.5. The van der Waals surface area contributed by atoms with E-state index in [1.54, 1.807) is 35.1 Å². The lowest BCUT2D eigenvalue weighted by atomic mass is 10.1. The Morgan fingerprint density at radius 1 is 0.800 bits per heavy atom. The molecule has 3 N–H and O–H groups in total. The summed E-state index contributed by atoms with van der Waals surface area (Å²) >= 11 is 5.82. The molecule has 3 amide bonds. The van der Waals surface area contributed by atoms with Crippen LogP contribution in [0.5, 0.6) is 0 Å². The Morgan fingerprint density at radius 3 is 2.14 bits per heavy atom. The molecular weight excluding hydrogens is 466 g/mol. The van der Waals surface area contributed by atoms with Crippen LogP contribution in [0.4, 0.5) is 0 Å². The Labute approximate surface area is 206 Å². The topological polar surface area (TPSA) is 105 Å². The zero-order valence-corrected chi connectivity index (χ0v) is 19.3. The molecule has 0 unspecified atom stereocenters.